The minimum Gasteiger partial charge on any atom is -0.494 e. The van der Waals surface area contributed by atoms with Crippen LogP contribution in [0.3, 0.4) is 0 Å². The summed E-state index contributed by atoms with van der Waals surface area (Å²) in [5, 5.41) is 0. The van der Waals surface area contributed by atoms with E-state index in [-0.39, 0.29) is 11.9 Å². The van der Waals surface area contributed by atoms with Crippen LogP contribution >= 0.6 is 15.9 Å². The Morgan fingerprint density at radius 2 is 1.96 bits per heavy atom. The van der Waals surface area contributed by atoms with Gasteiger partial charge in [-0.3, -0.25) is 4.79 Å². The third-order valence-corrected chi connectivity index (χ3v) is 4.89. The predicted molar refractivity (Wildman–Crippen MR) is 94.8 cm³/mol. The number of rotatable bonds is 4. The van der Waals surface area contributed by atoms with Crippen molar-refractivity contribution in [2.45, 2.75) is 25.8 Å². The van der Waals surface area contributed by atoms with Gasteiger partial charge in [-0.1, -0.05) is 24.3 Å². The largest absolute Gasteiger partial charge is 0.494 e. The summed E-state index contributed by atoms with van der Waals surface area (Å²) in [4.78, 5) is 14.9. The van der Waals surface area contributed by atoms with Crippen LogP contribution in [0.5, 0.6) is 5.75 Å². The van der Waals surface area contributed by atoms with Gasteiger partial charge in [0, 0.05) is 11.0 Å². The molecule has 0 spiro atoms. The molecule has 1 fully saturated rings. The van der Waals surface area contributed by atoms with Gasteiger partial charge in [0.2, 0.25) is 0 Å². The molecule has 0 aromatic heterocycles. The zero-order valence-corrected chi connectivity index (χ0v) is 14.8. The lowest BCUT2D eigenvalue weighted by atomic mass is 10.0. The van der Waals surface area contributed by atoms with Crippen molar-refractivity contribution < 1.29 is 9.53 Å². The molecular weight excluding hydrogens is 354 g/mol. The van der Waals surface area contributed by atoms with Gasteiger partial charge in [0.1, 0.15) is 5.75 Å². The number of likely N-dealkylation sites (tertiary alicyclic amines) is 1. The van der Waals surface area contributed by atoms with Crippen molar-refractivity contribution in [1.29, 1.82) is 0 Å². The van der Waals surface area contributed by atoms with E-state index in [1.165, 1.54) is 5.56 Å². The first-order valence-electron chi connectivity index (χ1n) is 7.99. The summed E-state index contributed by atoms with van der Waals surface area (Å²) in [6.07, 6.45) is 2.04. The molecule has 0 unspecified atom stereocenters. The Bertz CT molecular complexity index is 684. The van der Waals surface area contributed by atoms with Gasteiger partial charge in [-0.25, -0.2) is 0 Å². The molecule has 3 rings (SSSR count). The van der Waals surface area contributed by atoms with Crippen LogP contribution in [0.4, 0.5) is 0 Å². The van der Waals surface area contributed by atoms with Crippen LogP contribution in [0.15, 0.2) is 53.0 Å². The molecule has 2 aromatic rings. The van der Waals surface area contributed by atoms with Gasteiger partial charge in [0.05, 0.1) is 18.2 Å². The lowest BCUT2D eigenvalue weighted by Crippen LogP contribution is -2.30. The Kier molecular flexibility index (Phi) is 5.01. The van der Waals surface area contributed by atoms with Crippen LogP contribution in [0.1, 0.15) is 41.7 Å². The SMILES string of the molecule is CCOc1ccc([C@H]2CCCN2C(=O)c2ccccc2Br)cc1. The Balaban J connectivity index is 1.82. The van der Waals surface area contributed by atoms with E-state index in [0.717, 1.165) is 35.2 Å². The van der Waals surface area contributed by atoms with E-state index in [9.17, 15) is 4.79 Å². The molecule has 1 aliphatic rings. The monoisotopic (exact) mass is 373 g/mol. The molecule has 1 amide bonds. The maximum atomic E-state index is 12.9. The number of benzene rings is 2. The first kappa shape index (κ1) is 16.1. The Morgan fingerprint density at radius 3 is 2.65 bits per heavy atom. The molecule has 1 heterocycles. The van der Waals surface area contributed by atoms with Crippen molar-refractivity contribution in [1.82, 2.24) is 4.90 Å². The standard InChI is InChI=1S/C19H20BrNO2/c1-2-23-15-11-9-14(10-12-15)18-8-5-13-21(18)19(22)16-6-3-4-7-17(16)20/h3-4,6-7,9-12,18H,2,5,8,13H2,1H3/t18-/m1/s1. The molecule has 0 N–H and O–H groups in total. The molecule has 1 atom stereocenters. The first-order valence-corrected chi connectivity index (χ1v) is 8.78. The summed E-state index contributed by atoms with van der Waals surface area (Å²) in [6, 6.07) is 15.9. The van der Waals surface area contributed by atoms with Crippen LogP contribution < -0.4 is 4.74 Å². The van der Waals surface area contributed by atoms with E-state index in [0.29, 0.717) is 6.61 Å². The maximum absolute atomic E-state index is 12.9. The highest BCUT2D eigenvalue weighted by molar-refractivity contribution is 9.10. The summed E-state index contributed by atoms with van der Waals surface area (Å²) >= 11 is 3.48. The van der Waals surface area contributed by atoms with E-state index >= 15 is 0 Å². The number of carbonyl (C=O) groups is 1. The van der Waals surface area contributed by atoms with Gasteiger partial charge < -0.3 is 9.64 Å². The molecule has 0 aliphatic carbocycles. The van der Waals surface area contributed by atoms with Gasteiger partial charge in [0.25, 0.3) is 5.91 Å². The fraction of sp³-hybridized carbons (Fsp3) is 0.316. The smallest absolute Gasteiger partial charge is 0.255 e. The fourth-order valence-electron chi connectivity index (χ4n) is 3.10. The number of halogens is 1. The van der Waals surface area contributed by atoms with Crippen LogP contribution in [0, 0.1) is 0 Å². The highest BCUT2D eigenvalue weighted by atomic mass is 79.9. The second-order valence-electron chi connectivity index (χ2n) is 5.64. The summed E-state index contributed by atoms with van der Waals surface area (Å²) in [5.74, 6) is 0.965. The first-order chi connectivity index (χ1) is 11.2. The van der Waals surface area contributed by atoms with E-state index < -0.39 is 0 Å². The minimum atomic E-state index is 0.0915. The molecule has 3 nitrogen and oxygen atoms in total. The van der Waals surface area contributed by atoms with Crippen molar-refractivity contribution in [2.24, 2.45) is 0 Å². The fourth-order valence-corrected chi connectivity index (χ4v) is 3.55. The number of carbonyl (C=O) groups excluding carboxylic acids is 1. The third-order valence-electron chi connectivity index (χ3n) is 4.19. The number of hydrogen-bond donors (Lipinski definition) is 0. The number of nitrogens with zero attached hydrogens (tertiary/aromatic N) is 1. The van der Waals surface area contributed by atoms with Gasteiger partial charge >= 0.3 is 0 Å². The second-order valence-corrected chi connectivity index (χ2v) is 6.49. The number of hydrogen-bond acceptors (Lipinski definition) is 2. The van der Waals surface area contributed by atoms with Crippen LogP contribution in [0.25, 0.3) is 0 Å². The summed E-state index contributed by atoms with van der Waals surface area (Å²) in [6.45, 7) is 3.44. The Morgan fingerprint density at radius 1 is 1.22 bits per heavy atom. The molecular formula is C19H20BrNO2. The lowest BCUT2D eigenvalue weighted by Gasteiger charge is -2.25. The molecule has 0 radical (unpaired) electrons. The maximum Gasteiger partial charge on any atom is 0.255 e. The minimum absolute atomic E-state index is 0.0915. The van der Waals surface area contributed by atoms with E-state index in [4.69, 9.17) is 4.74 Å². The van der Waals surface area contributed by atoms with E-state index in [1.807, 2.05) is 48.2 Å². The second kappa shape index (κ2) is 7.18. The zero-order valence-electron chi connectivity index (χ0n) is 13.2. The summed E-state index contributed by atoms with van der Waals surface area (Å²) in [7, 11) is 0. The third kappa shape index (κ3) is 3.42. The average Bonchev–Trinajstić information content (AvgIpc) is 3.05. The van der Waals surface area contributed by atoms with E-state index in [2.05, 4.69) is 28.1 Å². The zero-order chi connectivity index (χ0) is 16.2. The molecule has 4 heteroatoms. The molecule has 2 aromatic carbocycles. The Hall–Kier alpha value is -1.81. The van der Waals surface area contributed by atoms with Gasteiger partial charge in [-0.2, -0.15) is 0 Å². The quantitative estimate of drug-likeness (QED) is 0.768. The highest BCUT2D eigenvalue weighted by Gasteiger charge is 2.31. The molecule has 1 aliphatic heterocycles. The van der Waals surface area contributed by atoms with Gasteiger partial charge in [-0.05, 0) is 65.5 Å². The van der Waals surface area contributed by atoms with Crippen molar-refractivity contribution in [3.05, 3.63) is 64.1 Å². The molecule has 0 bridgehead atoms. The predicted octanol–water partition coefficient (Wildman–Crippen LogP) is 4.83. The molecule has 120 valence electrons. The van der Waals surface area contributed by atoms with Crippen LogP contribution in [0.2, 0.25) is 0 Å². The number of ether oxygens (including phenoxy) is 1. The van der Waals surface area contributed by atoms with Gasteiger partial charge in [0.15, 0.2) is 0 Å². The van der Waals surface area contributed by atoms with Crippen molar-refractivity contribution in [2.75, 3.05) is 13.2 Å². The summed E-state index contributed by atoms with van der Waals surface area (Å²) < 4.78 is 6.35. The van der Waals surface area contributed by atoms with Crippen molar-refractivity contribution in [3.8, 4) is 5.75 Å². The number of amides is 1. The van der Waals surface area contributed by atoms with Crippen LogP contribution in [-0.2, 0) is 0 Å². The molecule has 1 saturated heterocycles. The average molecular weight is 374 g/mol. The Labute approximate surface area is 145 Å². The van der Waals surface area contributed by atoms with Crippen LogP contribution in [-0.4, -0.2) is 24.0 Å². The molecule has 0 saturated carbocycles. The van der Waals surface area contributed by atoms with Gasteiger partial charge in [-0.15, -0.1) is 0 Å². The highest BCUT2D eigenvalue weighted by Crippen LogP contribution is 2.34. The summed E-state index contributed by atoms with van der Waals surface area (Å²) in [5.41, 5.74) is 1.90. The van der Waals surface area contributed by atoms with E-state index in [1.54, 1.807) is 0 Å². The topological polar surface area (TPSA) is 29.5 Å². The van der Waals surface area contributed by atoms with Crippen molar-refractivity contribution in [3.63, 3.8) is 0 Å². The lowest BCUT2D eigenvalue weighted by molar-refractivity contribution is 0.0734. The molecule has 23 heavy (non-hydrogen) atoms. The normalized spacial score (nSPS) is 17.3. The van der Waals surface area contributed by atoms with Crippen molar-refractivity contribution >= 4 is 21.8 Å².